The molecule has 3 rings (SSSR count). The Morgan fingerprint density at radius 2 is 2.10 bits per heavy atom. The monoisotopic (exact) mass is 270 g/mol. The van der Waals surface area contributed by atoms with Crippen molar-refractivity contribution in [2.24, 2.45) is 0 Å². The summed E-state index contributed by atoms with van der Waals surface area (Å²) in [6.07, 6.45) is 3.36. The smallest absolute Gasteiger partial charge is 0.256 e. The van der Waals surface area contributed by atoms with Gasteiger partial charge in [-0.05, 0) is 18.6 Å². The number of rotatable bonds is 3. The molecule has 0 bridgehead atoms. The minimum Gasteiger partial charge on any atom is -0.386 e. The highest BCUT2D eigenvalue weighted by Gasteiger charge is 2.43. The summed E-state index contributed by atoms with van der Waals surface area (Å²) in [6, 6.07) is 9.43. The standard InChI is InChI=1S/C16H18N2O2/c1-2-8-16(20)10-18(11-16)15(19)13-7-3-5-12-6-4-9-17-14(12)13/h3-7,9,20H,2,8,10-11H2,1H3. The molecule has 2 aromatic rings. The van der Waals surface area contributed by atoms with E-state index >= 15 is 0 Å². The average molecular weight is 270 g/mol. The minimum atomic E-state index is -0.692. The van der Waals surface area contributed by atoms with E-state index in [9.17, 15) is 9.90 Å². The zero-order chi connectivity index (χ0) is 14.2. The summed E-state index contributed by atoms with van der Waals surface area (Å²) in [5.41, 5.74) is 0.648. The molecule has 20 heavy (non-hydrogen) atoms. The summed E-state index contributed by atoms with van der Waals surface area (Å²) in [4.78, 5) is 18.5. The molecule has 1 fully saturated rings. The summed E-state index contributed by atoms with van der Waals surface area (Å²) in [5, 5.41) is 11.1. The highest BCUT2D eigenvalue weighted by molar-refractivity contribution is 6.05. The number of nitrogens with zero attached hydrogens (tertiary/aromatic N) is 2. The Hall–Kier alpha value is -1.94. The molecule has 0 spiro atoms. The number of carbonyl (C=O) groups is 1. The van der Waals surface area contributed by atoms with E-state index in [0.29, 0.717) is 18.7 Å². The van der Waals surface area contributed by atoms with Gasteiger partial charge in [-0.2, -0.15) is 0 Å². The first-order valence-corrected chi connectivity index (χ1v) is 6.98. The third kappa shape index (κ3) is 2.16. The van der Waals surface area contributed by atoms with Crippen molar-refractivity contribution in [3.63, 3.8) is 0 Å². The Morgan fingerprint density at radius 3 is 2.85 bits per heavy atom. The second kappa shape index (κ2) is 4.87. The summed E-state index contributed by atoms with van der Waals surface area (Å²) >= 11 is 0. The number of β-amino-alcohol motifs (C(OH)–C–C–N with tert-alkyl or cyclic N) is 1. The Labute approximate surface area is 118 Å². The summed E-state index contributed by atoms with van der Waals surface area (Å²) in [5.74, 6) is -0.0462. The van der Waals surface area contributed by atoms with Crippen molar-refractivity contribution >= 4 is 16.8 Å². The molecule has 1 aromatic carbocycles. The predicted molar refractivity (Wildman–Crippen MR) is 77.5 cm³/mol. The third-order valence-corrected chi connectivity index (χ3v) is 3.84. The van der Waals surface area contributed by atoms with Crippen LogP contribution < -0.4 is 0 Å². The maximum atomic E-state index is 12.5. The molecular weight excluding hydrogens is 252 g/mol. The Bertz CT molecular complexity index is 642. The van der Waals surface area contributed by atoms with Crippen molar-refractivity contribution in [1.82, 2.24) is 9.88 Å². The molecule has 1 saturated heterocycles. The molecule has 104 valence electrons. The third-order valence-electron chi connectivity index (χ3n) is 3.84. The lowest BCUT2D eigenvalue weighted by atomic mass is 9.88. The van der Waals surface area contributed by atoms with Gasteiger partial charge in [0.1, 0.15) is 0 Å². The van der Waals surface area contributed by atoms with Crippen molar-refractivity contribution in [2.75, 3.05) is 13.1 Å². The van der Waals surface area contributed by atoms with Crippen LogP contribution in [0, 0.1) is 0 Å². The van der Waals surface area contributed by atoms with Crippen LogP contribution in [0.2, 0.25) is 0 Å². The first-order valence-electron chi connectivity index (χ1n) is 6.98. The number of carbonyl (C=O) groups excluding carboxylic acids is 1. The van der Waals surface area contributed by atoms with E-state index < -0.39 is 5.60 Å². The molecule has 0 saturated carbocycles. The van der Waals surface area contributed by atoms with Crippen molar-refractivity contribution < 1.29 is 9.90 Å². The van der Waals surface area contributed by atoms with Gasteiger partial charge in [0.05, 0.1) is 29.8 Å². The average Bonchev–Trinajstić information content (AvgIpc) is 2.43. The van der Waals surface area contributed by atoms with Crippen LogP contribution in [-0.4, -0.2) is 39.6 Å². The number of benzene rings is 1. The Balaban J connectivity index is 1.84. The van der Waals surface area contributed by atoms with Gasteiger partial charge in [0.15, 0.2) is 0 Å². The molecule has 2 heterocycles. The number of pyridine rings is 1. The largest absolute Gasteiger partial charge is 0.386 e. The van der Waals surface area contributed by atoms with Gasteiger partial charge in [0.25, 0.3) is 5.91 Å². The zero-order valence-corrected chi connectivity index (χ0v) is 11.5. The number of likely N-dealkylation sites (tertiary alicyclic amines) is 1. The van der Waals surface area contributed by atoms with E-state index in [4.69, 9.17) is 0 Å². The lowest BCUT2D eigenvalue weighted by Gasteiger charge is -2.46. The minimum absolute atomic E-state index is 0.0462. The molecule has 1 aliphatic heterocycles. The van der Waals surface area contributed by atoms with Crippen LogP contribution in [0.25, 0.3) is 10.9 Å². The number of hydrogen-bond donors (Lipinski definition) is 1. The van der Waals surface area contributed by atoms with Gasteiger partial charge in [-0.25, -0.2) is 0 Å². The van der Waals surface area contributed by atoms with Crippen molar-refractivity contribution in [2.45, 2.75) is 25.4 Å². The molecule has 4 nitrogen and oxygen atoms in total. The van der Waals surface area contributed by atoms with Crippen LogP contribution in [-0.2, 0) is 0 Å². The van der Waals surface area contributed by atoms with Gasteiger partial charge in [0, 0.05) is 11.6 Å². The number of aromatic nitrogens is 1. The number of aliphatic hydroxyl groups is 1. The predicted octanol–water partition coefficient (Wildman–Crippen LogP) is 2.22. The molecule has 0 unspecified atom stereocenters. The molecule has 0 aliphatic carbocycles. The van der Waals surface area contributed by atoms with E-state index in [0.717, 1.165) is 23.7 Å². The van der Waals surface area contributed by atoms with Gasteiger partial charge in [-0.1, -0.05) is 31.5 Å². The van der Waals surface area contributed by atoms with Crippen molar-refractivity contribution in [3.8, 4) is 0 Å². The highest BCUT2D eigenvalue weighted by Crippen LogP contribution is 2.28. The normalized spacial score (nSPS) is 17.0. The fourth-order valence-corrected chi connectivity index (χ4v) is 2.88. The summed E-state index contributed by atoms with van der Waals surface area (Å²) in [6.45, 7) is 2.88. The van der Waals surface area contributed by atoms with Gasteiger partial charge >= 0.3 is 0 Å². The van der Waals surface area contributed by atoms with Crippen molar-refractivity contribution in [1.29, 1.82) is 0 Å². The summed E-state index contributed by atoms with van der Waals surface area (Å²) in [7, 11) is 0. The number of fused-ring (bicyclic) bond motifs is 1. The van der Waals surface area contributed by atoms with E-state index in [2.05, 4.69) is 4.98 Å². The van der Waals surface area contributed by atoms with Crippen LogP contribution in [0.5, 0.6) is 0 Å². The first kappa shape index (κ1) is 13.1. The molecule has 4 heteroatoms. The van der Waals surface area contributed by atoms with E-state index in [-0.39, 0.29) is 5.91 Å². The lowest BCUT2D eigenvalue weighted by Crippen LogP contribution is -2.63. The van der Waals surface area contributed by atoms with Crippen LogP contribution in [0.1, 0.15) is 30.1 Å². The van der Waals surface area contributed by atoms with E-state index in [1.807, 2.05) is 31.2 Å². The number of amides is 1. The van der Waals surface area contributed by atoms with Gasteiger partial charge in [0.2, 0.25) is 0 Å². The molecule has 1 aliphatic rings. The van der Waals surface area contributed by atoms with E-state index in [1.54, 1.807) is 17.2 Å². The molecule has 0 radical (unpaired) electrons. The second-order valence-electron chi connectivity index (χ2n) is 5.52. The maximum absolute atomic E-state index is 12.5. The number of para-hydroxylation sites is 1. The van der Waals surface area contributed by atoms with Gasteiger partial charge < -0.3 is 10.0 Å². The first-order chi connectivity index (χ1) is 9.63. The van der Waals surface area contributed by atoms with Gasteiger partial charge in [-0.15, -0.1) is 0 Å². The maximum Gasteiger partial charge on any atom is 0.256 e. The van der Waals surface area contributed by atoms with Crippen LogP contribution in [0.15, 0.2) is 36.5 Å². The number of hydrogen-bond acceptors (Lipinski definition) is 3. The SMILES string of the molecule is CCCC1(O)CN(C(=O)c2cccc3cccnc23)C1. The van der Waals surface area contributed by atoms with Crippen LogP contribution in [0.4, 0.5) is 0 Å². The Morgan fingerprint density at radius 1 is 1.35 bits per heavy atom. The molecule has 0 atom stereocenters. The Kier molecular flexibility index (Phi) is 3.18. The molecule has 1 amide bonds. The molecule has 1 N–H and O–H groups in total. The van der Waals surface area contributed by atoms with Gasteiger partial charge in [-0.3, -0.25) is 9.78 Å². The fourth-order valence-electron chi connectivity index (χ4n) is 2.88. The molecular formula is C16H18N2O2. The zero-order valence-electron chi connectivity index (χ0n) is 11.5. The lowest BCUT2D eigenvalue weighted by molar-refractivity contribution is -0.0859. The fraction of sp³-hybridized carbons (Fsp3) is 0.375. The van der Waals surface area contributed by atoms with Crippen LogP contribution in [0.3, 0.4) is 0 Å². The quantitative estimate of drug-likeness (QED) is 0.930. The molecule has 1 aromatic heterocycles. The van der Waals surface area contributed by atoms with Crippen LogP contribution >= 0.6 is 0 Å². The highest BCUT2D eigenvalue weighted by atomic mass is 16.3. The topological polar surface area (TPSA) is 53.4 Å². The van der Waals surface area contributed by atoms with E-state index in [1.165, 1.54) is 0 Å². The second-order valence-corrected chi connectivity index (χ2v) is 5.52. The summed E-state index contributed by atoms with van der Waals surface area (Å²) < 4.78 is 0. The van der Waals surface area contributed by atoms with Crippen molar-refractivity contribution in [3.05, 3.63) is 42.1 Å².